The van der Waals surface area contributed by atoms with E-state index >= 15 is 0 Å². The summed E-state index contributed by atoms with van der Waals surface area (Å²) in [5.74, 6) is 2.38. The second-order valence-electron chi connectivity index (χ2n) is 4.56. The van der Waals surface area contributed by atoms with Gasteiger partial charge in [-0.05, 0) is 18.6 Å². The molecule has 0 spiro atoms. The highest BCUT2D eigenvalue weighted by Gasteiger charge is 2.38. The lowest BCUT2D eigenvalue weighted by Gasteiger charge is -2.40. The van der Waals surface area contributed by atoms with E-state index in [2.05, 4.69) is 4.90 Å². The summed E-state index contributed by atoms with van der Waals surface area (Å²) >= 11 is 2.01. The monoisotopic (exact) mass is 262 g/mol. The van der Waals surface area contributed by atoms with Gasteiger partial charge in [0, 0.05) is 51.8 Å². The molecule has 1 atom stereocenters. The Bertz CT molecular complexity index is 199. The number of ether oxygens (including phenoxy) is 2. The van der Waals surface area contributed by atoms with Crippen molar-refractivity contribution < 1.29 is 9.47 Å². The van der Waals surface area contributed by atoms with Gasteiger partial charge in [-0.1, -0.05) is 0 Å². The first-order valence-electron chi connectivity index (χ1n) is 6.30. The summed E-state index contributed by atoms with van der Waals surface area (Å²) in [6, 6.07) is 0. The van der Waals surface area contributed by atoms with E-state index in [1.165, 1.54) is 12.2 Å². The van der Waals surface area contributed by atoms with Crippen LogP contribution in [0.1, 0.15) is 12.8 Å². The third kappa shape index (κ3) is 4.41. The van der Waals surface area contributed by atoms with E-state index in [-0.39, 0.29) is 5.54 Å². The van der Waals surface area contributed by atoms with Crippen molar-refractivity contribution in [1.82, 2.24) is 4.90 Å². The summed E-state index contributed by atoms with van der Waals surface area (Å²) < 4.78 is 10.3. The van der Waals surface area contributed by atoms with Gasteiger partial charge in [-0.15, -0.1) is 0 Å². The summed E-state index contributed by atoms with van der Waals surface area (Å²) in [7, 11) is 3.51. The number of methoxy groups -OCH3 is 2. The first-order valence-corrected chi connectivity index (χ1v) is 7.45. The van der Waals surface area contributed by atoms with Crippen LogP contribution in [0.2, 0.25) is 0 Å². The molecule has 1 heterocycles. The maximum atomic E-state index is 6.02. The van der Waals surface area contributed by atoms with Crippen LogP contribution in [-0.2, 0) is 9.47 Å². The van der Waals surface area contributed by atoms with E-state index in [1.54, 1.807) is 14.2 Å². The van der Waals surface area contributed by atoms with Crippen LogP contribution in [0.4, 0.5) is 0 Å². The third-order valence-corrected chi connectivity index (χ3v) is 4.71. The lowest BCUT2D eigenvalue weighted by molar-refractivity contribution is 0.0655. The Balaban J connectivity index is 2.52. The molecule has 0 amide bonds. The molecule has 17 heavy (non-hydrogen) atoms. The van der Waals surface area contributed by atoms with Crippen molar-refractivity contribution in [3.63, 3.8) is 0 Å². The summed E-state index contributed by atoms with van der Waals surface area (Å²) in [4.78, 5) is 2.51. The molecule has 1 fully saturated rings. The molecular formula is C12H26N2O2S. The second kappa shape index (κ2) is 8.32. The van der Waals surface area contributed by atoms with Crippen molar-refractivity contribution in [3.8, 4) is 0 Å². The molecule has 5 heteroatoms. The van der Waals surface area contributed by atoms with Crippen LogP contribution in [0.25, 0.3) is 0 Å². The zero-order valence-electron chi connectivity index (χ0n) is 11.1. The first kappa shape index (κ1) is 15.2. The van der Waals surface area contributed by atoms with E-state index in [0.29, 0.717) is 0 Å². The zero-order chi connectivity index (χ0) is 12.6. The van der Waals surface area contributed by atoms with Crippen LogP contribution in [0.15, 0.2) is 0 Å². The van der Waals surface area contributed by atoms with Gasteiger partial charge >= 0.3 is 0 Å². The fourth-order valence-electron chi connectivity index (χ4n) is 2.32. The van der Waals surface area contributed by atoms with Crippen LogP contribution in [-0.4, -0.2) is 69.0 Å². The van der Waals surface area contributed by atoms with E-state index < -0.39 is 0 Å². The van der Waals surface area contributed by atoms with E-state index in [4.69, 9.17) is 15.2 Å². The van der Waals surface area contributed by atoms with E-state index in [1.807, 2.05) is 11.8 Å². The minimum absolute atomic E-state index is 0.191. The van der Waals surface area contributed by atoms with Gasteiger partial charge in [0.25, 0.3) is 0 Å². The molecule has 0 aliphatic carbocycles. The smallest absolute Gasteiger partial charge is 0.0589 e. The Morgan fingerprint density at radius 3 is 2.53 bits per heavy atom. The summed E-state index contributed by atoms with van der Waals surface area (Å²) in [5, 5.41) is 0. The molecule has 1 saturated heterocycles. The van der Waals surface area contributed by atoms with Crippen molar-refractivity contribution >= 4 is 11.8 Å². The average molecular weight is 262 g/mol. The molecule has 0 saturated carbocycles. The number of hydrogen-bond acceptors (Lipinski definition) is 5. The van der Waals surface area contributed by atoms with Crippen LogP contribution < -0.4 is 5.73 Å². The molecular weight excluding hydrogens is 236 g/mol. The van der Waals surface area contributed by atoms with Gasteiger partial charge in [-0.3, -0.25) is 4.90 Å². The highest BCUT2D eigenvalue weighted by molar-refractivity contribution is 7.99. The molecule has 0 radical (unpaired) electrons. The van der Waals surface area contributed by atoms with Crippen LogP contribution in [0, 0.1) is 0 Å². The molecule has 0 bridgehead atoms. The molecule has 1 rings (SSSR count). The molecule has 0 aromatic heterocycles. The van der Waals surface area contributed by atoms with Crippen molar-refractivity contribution in [3.05, 3.63) is 0 Å². The predicted molar refractivity (Wildman–Crippen MR) is 73.7 cm³/mol. The van der Waals surface area contributed by atoms with Crippen LogP contribution in [0.5, 0.6) is 0 Å². The number of nitrogens with two attached hydrogens (primary N) is 1. The third-order valence-electron chi connectivity index (χ3n) is 3.48. The molecule has 102 valence electrons. The van der Waals surface area contributed by atoms with Crippen molar-refractivity contribution in [2.24, 2.45) is 5.73 Å². The highest BCUT2D eigenvalue weighted by atomic mass is 32.2. The Kier molecular flexibility index (Phi) is 7.46. The average Bonchev–Trinajstić information content (AvgIpc) is 2.83. The van der Waals surface area contributed by atoms with Gasteiger partial charge < -0.3 is 15.2 Å². The predicted octanol–water partition coefficient (Wildman–Crippen LogP) is 0.806. The lowest BCUT2D eigenvalue weighted by Crippen LogP contribution is -2.55. The van der Waals surface area contributed by atoms with Crippen molar-refractivity contribution in [2.45, 2.75) is 18.4 Å². The Morgan fingerprint density at radius 1 is 1.24 bits per heavy atom. The molecule has 1 aliphatic heterocycles. The van der Waals surface area contributed by atoms with Gasteiger partial charge in [-0.2, -0.15) is 11.8 Å². The minimum atomic E-state index is 0.191. The van der Waals surface area contributed by atoms with Gasteiger partial charge in [-0.25, -0.2) is 0 Å². The summed E-state index contributed by atoms with van der Waals surface area (Å²) in [6.07, 6.45) is 2.26. The number of hydrogen-bond donors (Lipinski definition) is 1. The first-order chi connectivity index (χ1) is 8.29. The number of nitrogens with zero attached hydrogens (tertiary/aromatic N) is 1. The molecule has 1 unspecified atom stereocenters. The lowest BCUT2D eigenvalue weighted by atomic mass is 9.96. The quantitative estimate of drug-likeness (QED) is 0.623. The topological polar surface area (TPSA) is 47.7 Å². The van der Waals surface area contributed by atoms with Gasteiger partial charge in [0.1, 0.15) is 0 Å². The molecule has 0 aromatic carbocycles. The molecule has 0 aromatic rings. The maximum absolute atomic E-state index is 6.02. The summed E-state index contributed by atoms with van der Waals surface area (Å²) in [5.41, 5.74) is 6.21. The molecule has 2 N–H and O–H groups in total. The molecule has 1 aliphatic rings. The SMILES string of the molecule is COCCCN(CCOC)C1(CN)CCSC1. The number of thioether (sulfide) groups is 1. The van der Waals surface area contributed by atoms with Gasteiger partial charge in [0.05, 0.1) is 6.61 Å². The van der Waals surface area contributed by atoms with E-state index in [9.17, 15) is 0 Å². The largest absolute Gasteiger partial charge is 0.385 e. The Hall–Kier alpha value is 0.190. The zero-order valence-corrected chi connectivity index (χ0v) is 11.9. The van der Waals surface area contributed by atoms with E-state index in [0.717, 1.165) is 45.0 Å². The summed E-state index contributed by atoms with van der Waals surface area (Å²) in [6.45, 7) is 4.36. The maximum Gasteiger partial charge on any atom is 0.0589 e. The number of rotatable bonds is 9. The molecule has 4 nitrogen and oxygen atoms in total. The minimum Gasteiger partial charge on any atom is -0.385 e. The Morgan fingerprint density at radius 2 is 2.00 bits per heavy atom. The van der Waals surface area contributed by atoms with Gasteiger partial charge in [0.15, 0.2) is 0 Å². The van der Waals surface area contributed by atoms with Crippen molar-refractivity contribution in [1.29, 1.82) is 0 Å². The van der Waals surface area contributed by atoms with Crippen LogP contribution >= 0.6 is 11.8 Å². The fraction of sp³-hybridized carbons (Fsp3) is 1.00. The fourth-order valence-corrected chi connectivity index (χ4v) is 3.82. The normalized spacial score (nSPS) is 24.7. The standard InChI is InChI=1S/C12H26N2O2S/c1-15-7-3-5-14(6-8-16-2)12(10-13)4-9-17-11-12/h3-11,13H2,1-2H3. The highest BCUT2D eigenvalue weighted by Crippen LogP contribution is 2.32. The van der Waals surface area contributed by atoms with Crippen molar-refractivity contribution in [2.75, 3.05) is 58.6 Å². The van der Waals surface area contributed by atoms with Gasteiger partial charge in [0.2, 0.25) is 0 Å². The Labute approximate surface area is 109 Å². The van der Waals surface area contributed by atoms with Crippen LogP contribution in [0.3, 0.4) is 0 Å². The second-order valence-corrected chi connectivity index (χ2v) is 5.66.